The number of aromatic nitrogens is 3. The molecule has 0 radical (unpaired) electrons. The maximum absolute atomic E-state index is 13.2. The van der Waals surface area contributed by atoms with Gasteiger partial charge >= 0.3 is 5.97 Å². The van der Waals surface area contributed by atoms with Gasteiger partial charge in [-0.2, -0.15) is 10.1 Å². The highest BCUT2D eigenvalue weighted by atomic mass is 32.1. The van der Waals surface area contributed by atoms with E-state index in [1.165, 1.54) is 11.2 Å². The van der Waals surface area contributed by atoms with Gasteiger partial charge in [0.25, 0.3) is 0 Å². The van der Waals surface area contributed by atoms with Gasteiger partial charge in [0.05, 0.1) is 0 Å². The number of aliphatic carboxylic acids is 1. The van der Waals surface area contributed by atoms with E-state index < -0.39 is 12.6 Å². The number of Topliss-reactive ketones (excluding diaryl/α,β-unsaturated/α-hetero) is 1. The number of nitrogens with zero attached hydrogens (tertiary/aromatic N) is 3. The van der Waals surface area contributed by atoms with Crippen molar-refractivity contribution in [2.75, 3.05) is 11.9 Å². The third kappa shape index (κ3) is 3.26. The van der Waals surface area contributed by atoms with Crippen molar-refractivity contribution in [3.05, 3.63) is 69.8 Å². The molecule has 3 heterocycles. The van der Waals surface area contributed by atoms with Gasteiger partial charge in [0, 0.05) is 28.5 Å². The molecule has 0 saturated heterocycles. The number of thiophene rings is 1. The van der Waals surface area contributed by atoms with Crippen LogP contribution in [-0.2, 0) is 9.59 Å². The highest BCUT2D eigenvalue weighted by molar-refractivity contribution is 7.10. The first kappa shape index (κ1) is 18.6. The van der Waals surface area contributed by atoms with E-state index in [9.17, 15) is 9.59 Å². The number of rotatable bonds is 5. The second kappa shape index (κ2) is 7.42. The molecule has 0 spiro atoms. The summed E-state index contributed by atoms with van der Waals surface area (Å²) in [6.45, 7) is -0.405. The molecule has 1 aliphatic carbocycles. The second-order valence-corrected chi connectivity index (χ2v) is 8.22. The molecule has 8 nitrogen and oxygen atoms in total. The molecule has 2 atom stereocenters. The fraction of sp³-hybridized carbons (Fsp3) is 0.238. The predicted molar refractivity (Wildman–Crippen MR) is 110 cm³/mol. The molecule has 9 heteroatoms. The Morgan fingerprint density at radius 1 is 1.27 bits per heavy atom. The normalized spacial score (nSPS) is 20.3. The molecule has 2 aromatic heterocycles. The van der Waals surface area contributed by atoms with Crippen molar-refractivity contribution in [3.8, 4) is 5.75 Å². The average molecular weight is 422 g/mol. The molecular formula is C21H18N4O4S. The van der Waals surface area contributed by atoms with Crippen molar-refractivity contribution in [1.82, 2.24) is 14.8 Å². The molecule has 30 heavy (non-hydrogen) atoms. The molecule has 0 amide bonds. The lowest BCUT2D eigenvalue weighted by Crippen LogP contribution is -2.33. The Kier molecular flexibility index (Phi) is 4.59. The van der Waals surface area contributed by atoms with Crippen LogP contribution in [0.5, 0.6) is 5.75 Å². The predicted octanol–water partition coefficient (Wildman–Crippen LogP) is 3.22. The zero-order chi connectivity index (χ0) is 20.7. The first-order valence-electron chi connectivity index (χ1n) is 9.51. The van der Waals surface area contributed by atoms with Gasteiger partial charge in [-0.1, -0.05) is 18.2 Å². The summed E-state index contributed by atoms with van der Waals surface area (Å²) in [5, 5.41) is 18.5. The number of ether oxygens (including phenoxy) is 1. The summed E-state index contributed by atoms with van der Waals surface area (Å²) in [6, 6.07) is 10.8. The number of nitrogens with one attached hydrogen (secondary N) is 1. The first-order chi connectivity index (χ1) is 14.6. The standard InChI is InChI=1S/C21H18N4O4S/c26-16-9-13(17-2-1-7-30-17)8-15-19(16)20(25-21(24-15)22-11-23-25)12-3-5-14(6-4-12)29-10-18(27)28/h1-7,11,13,20H,8-10H2,(H,27,28)(H,22,23,24)/t13-,20+/m1/s1. The van der Waals surface area contributed by atoms with Crippen LogP contribution >= 0.6 is 11.3 Å². The Balaban J connectivity index is 1.51. The summed E-state index contributed by atoms with van der Waals surface area (Å²) >= 11 is 1.67. The Bertz CT molecular complexity index is 1130. The van der Waals surface area contributed by atoms with Crippen molar-refractivity contribution in [2.24, 2.45) is 0 Å². The van der Waals surface area contributed by atoms with E-state index >= 15 is 0 Å². The van der Waals surface area contributed by atoms with Crippen LogP contribution in [0.15, 0.2) is 59.4 Å². The van der Waals surface area contributed by atoms with Crippen molar-refractivity contribution in [3.63, 3.8) is 0 Å². The number of carbonyl (C=O) groups is 2. The van der Waals surface area contributed by atoms with Gasteiger partial charge in [-0.15, -0.1) is 11.3 Å². The lowest BCUT2D eigenvalue weighted by molar-refractivity contribution is -0.139. The summed E-state index contributed by atoms with van der Waals surface area (Å²) in [4.78, 5) is 29.5. The summed E-state index contributed by atoms with van der Waals surface area (Å²) in [6.07, 6.45) is 2.67. The number of allylic oxidation sites excluding steroid dienone is 2. The van der Waals surface area contributed by atoms with Gasteiger partial charge in [-0.3, -0.25) is 4.79 Å². The number of benzene rings is 1. The highest BCUT2D eigenvalue weighted by Crippen LogP contribution is 2.44. The molecular weight excluding hydrogens is 404 g/mol. The van der Waals surface area contributed by atoms with Gasteiger partial charge < -0.3 is 15.2 Å². The maximum Gasteiger partial charge on any atom is 0.341 e. The number of carbonyl (C=O) groups excluding carboxylic acids is 1. The lowest BCUT2D eigenvalue weighted by Gasteiger charge is -2.34. The van der Waals surface area contributed by atoms with Gasteiger partial charge in [0.2, 0.25) is 5.95 Å². The molecule has 0 bridgehead atoms. The van der Waals surface area contributed by atoms with Crippen molar-refractivity contribution >= 4 is 29.0 Å². The van der Waals surface area contributed by atoms with E-state index in [2.05, 4.69) is 21.5 Å². The number of carboxylic acids is 1. The van der Waals surface area contributed by atoms with E-state index in [-0.39, 0.29) is 17.7 Å². The summed E-state index contributed by atoms with van der Waals surface area (Å²) < 4.78 is 6.94. The van der Waals surface area contributed by atoms with Gasteiger partial charge in [-0.05, 0) is 35.6 Å². The molecule has 2 aliphatic rings. The van der Waals surface area contributed by atoms with Crippen LogP contribution in [0.25, 0.3) is 0 Å². The Morgan fingerprint density at radius 3 is 2.83 bits per heavy atom. The number of fused-ring (bicyclic) bond motifs is 1. The van der Waals surface area contributed by atoms with Crippen molar-refractivity contribution < 1.29 is 19.4 Å². The van der Waals surface area contributed by atoms with Crippen LogP contribution in [-0.4, -0.2) is 38.2 Å². The quantitative estimate of drug-likeness (QED) is 0.650. The minimum Gasteiger partial charge on any atom is -0.482 e. The minimum atomic E-state index is -1.03. The van der Waals surface area contributed by atoms with Crippen LogP contribution in [0.1, 0.15) is 35.2 Å². The van der Waals surface area contributed by atoms with E-state index in [1.54, 1.807) is 28.2 Å². The highest BCUT2D eigenvalue weighted by Gasteiger charge is 2.39. The molecule has 0 unspecified atom stereocenters. The Labute approximate surface area is 175 Å². The topological polar surface area (TPSA) is 106 Å². The van der Waals surface area contributed by atoms with E-state index in [1.807, 2.05) is 23.6 Å². The lowest BCUT2D eigenvalue weighted by atomic mass is 9.80. The molecule has 0 fully saturated rings. The Hall–Kier alpha value is -3.46. The van der Waals surface area contributed by atoms with Gasteiger partial charge in [0.1, 0.15) is 18.1 Å². The molecule has 5 rings (SSSR count). The SMILES string of the molecule is O=C(O)COc1ccc([C@H]2C3=C(C[C@@H](c4cccs4)CC3=O)Nc3ncnn32)cc1. The average Bonchev–Trinajstić information content (AvgIpc) is 3.43. The van der Waals surface area contributed by atoms with Crippen LogP contribution in [0, 0.1) is 0 Å². The largest absolute Gasteiger partial charge is 0.482 e. The van der Waals surface area contributed by atoms with E-state index in [4.69, 9.17) is 9.84 Å². The van der Waals surface area contributed by atoms with Crippen molar-refractivity contribution in [1.29, 1.82) is 0 Å². The van der Waals surface area contributed by atoms with Gasteiger partial charge in [0.15, 0.2) is 12.4 Å². The van der Waals surface area contributed by atoms with Gasteiger partial charge in [-0.25, -0.2) is 9.48 Å². The summed E-state index contributed by atoms with van der Waals surface area (Å²) in [5.74, 6) is 0.276. The smallest absolute Gasteiger partial charge is 0.341 e. The second-order valence-electron chi connectivity index (χ2n) is 7.24. The molecule has 1 aliphatic heterocycles. The van der Waals surface area contributed by atoms with Crippen LogP contribution in [0.3, 0.4) is 0 Å². The van der Waals surface area contributed by atoms with E-state index in [0.29, 0.717) is 23.7 Å². The fourth-order valence-corrected chi connectivity index (χ4v) is 4.91. The van der Waals surface area contributed by atoms with Crippen LogP contribution < -0.4 is 10.1 Å². The van der Waals surface area contributed by atoms with Crippen LogP contribution in [0.2, 0.25) is 0 Å². The molecule has 1 aromatic carbocycles. The zero-order valence-corrected chi connectivity index (χ0v) is 16.6. The number of anilines is 1. The van der Waals surface area contributed by atoms with Crippen molar-refractivity contribution in [2.45, 2.75) is 24.8 Å². The number of hydrogen-bond acceptors (Lipinski definition) is 7. The summed E-state index contributed by atoms with van der Waals surface area (Å²) in [5.41, 5.74) is 2.46. The third-order valence-electron chi connectivity index (χ3n) is 5.37. The molecule has 152 valence electrons. The monoisotopic (exact) mass is 422 g/mol. The maximum atomic E-state index is 13.2. The Morgan fingerprint density at radius 2 is 2.10 bits per heavy atom. The summed E-state index contributed by atoms with van der Waals surface area (Å²) in [7, 11) is 0. The number of carboxylic acid groups (broad SMARTS) is 1. The zero-order valence-electron chi connectivity index (χ0n) is 15.8. The van der Waals surface area contributed by atoms with E-state index in [0.717, 1.165) is 17.7 Å². The minimum absolute atomic E-state index is 0.0968. The molecule has 3 aromatic rings. The molecule has 0 saturated carbocycles. The van der Waals surface area contributed by atoms with Crippen LogP contribution in [0.4, 0.5) is 5.95 Å². The first-order valence-corrected chi connectivity index (χ1v) is 10.4. The molecule has 2 N–H and O–H groups in total. The fourth-order valence-electron chi connectivity index (χ4n) is 4.08. The third-order valence-corrected chi connectivity index (χ3v) is 6.40. The number of ketones is 1. The number of hydrogen-bond donors (Lipinski definition) is 2.